The lowest BCUT2D eigenvalue weighted by atomic mass is 9.45. The van der Waals surface area contributed by atoms with Gasteiger partial charge in [0, 0.05) is 18.9 Å². The minimum Gasteiger partial charge on any atom is -0.332 e. The summed E-state index contributed by atoms with van der Waals surface area (Å²) in [6.45, 7) is 13.9. The van der Waals surface area contributed by atoms with Crippen LogP contribution in [0.4, 0.5) is 0 Å². The Hall–Kier alpha value is -0.860. The Morgan fingerprint density at radius 1 is 0.926 bits per heavy atom. The Bertz CT molecular complexity index is 589. The molecular weight excluding hydrogens is 334 g/mol. The van der Waals surface area contributed by atoms with Gasteiger partial charge in [0.15, 0.2) is 0 Å². The molecule has 154 valence electrons. The number of amides is 1. The van der Waals surface area contributed by atoms with E-state index in [2.05, 4.69) is 18.7 Å². The van der Waals surface area contributed by atoms with Gasteiger partial charge in [0.05, 0.1) is 5.54 Å². The molecule has 7 atom stereocenters. The van der Waals surface area contributed by atoms with Gasteiger partial charge in [0.1, 0.15) is 6.29 Å². The van der Waals surface area contributed by atoms with E-state index in [-0.39, 0.29) is 11.0 Å². The van der Waals surface area contributed by atoms with Crippen LogP contribution in [0.1, 0.15) is 92.9 Å². The molecule has 3 nitrogen and oxygen atoms in total. The van der Waals surface area contributed by atoms with Gasteiger partial charge >= 0.3 is 0 Å². The molecule has 1 amide bonds. The first-order valence-electron chi connectivity index (χ1n) is 11.7. The molecule has 2 aliphatic heterocycles. The van der Waals surface area contributed by atoms with Crippen LogP contribution in [0.25, 0.3) is 0 Å². The van der Waals surface area contributed by atoms with Gasteiger partial charge in [-0.25, -0.2) is 0 Å². The van der Waals surface area contributed by atoms with E-state index in [9.17, 15) is 9.59 Å². The summed E-state index contributed by atoms with van der Waals surface area (Å²) in [7, 11) is 0. The van der Waals surface area contributed by atoms with Gasteiger partial charge in [0.25, 0.3) is 0 Å². The van der Waals surface area contributed by atoms with Gasteiger partial charge in [-0.3, -0.25) is 4.79 Å². The van der Waals surface area contributed by atoms with Gasteiger partial charge in [-0.2, -0.15) is 0 Å². The fraction of sp³-hybridized carbons (Fsp3) is 0.917. The van der Waals surface area contributed by atoms with Gasteiger partial charge in [-0.15, -0.1) is 0 Å². The van der Waals surface area contributed by atoms with Crippen LogP contribution in [0, 0.1) is 34.5 Å². The molecule has 3 aliphatic carbocycles. The fourth-order valence-electron chi connectivity index (χ4n) is 7.96. The molecule has 3 saturated carbocycles. The summed E-state index contributed by atoms with van der Waals surface area (Å²) in [6.07, 6.45) is 10.5. The molecule has 5 aliphatic rings. The SMILES string of the molecule is CC.CC.CC12CCC3C(CC[C@@]45CN4C(=O)CCC35C)C1CCC2C=O. The third kappa shape index (κ3) is 2.59. The Morgan fingerprint density at radius 2 is 1.63 bits per heavy atom. The first-order chi connectivity index (χ1) is 13.0. The largest absolute Gasteiger partial charge is 0.332 e. The standard InChI is InChI=1S/C20H29NO2.2C2H6/c1-18-8-6-16-14(15(18)4-3-13(18)11-22)5-10-20-12-21(20)17(23)7-9-19(16,20)2;2*1-2/h11,13-16H,3-10,12H2,1-2H3;2*1-2H3/t13?,14?,15?,16?,18?,19?,20-,21?;;/m0../s1. The summed E-state index contributed by atoms with van der Waals surface area (Å²) in [4.78, 5) is 26.0. The summed E-state index contributed by atoms with van der Waals surface area (Å²) < 4.78 is 0. The van der Waals surface area contributed by atoms with Crippen molar-refractivity contribution >= 4 is 12.2 Å². The Morgan fingerprint density at radius 3 is 2.30 bits per heavy atom. The molecule has 5 rings (SSSR count). The maximum atomic E-state index is 12.2. The van der Waals surface area contributed by atoms with Crippen LogP contribution in [-0.2, 0) is 9.59 Å². The summed E-state index contributed by atoms with van der Waals surface area (Å²) in [6, 6.07) is 0. The quantitative estimate of drug-likeness (QED) is 0.450. The van der Waals surface area contributed by atoms with E-state index in [1.807, 2.05) is 27.7 Å². The lowest BCUT2D eigenvalue weighted by Gasteiger charge is -2.60. The molecule has 0 bridgehead atoms. The Kier molecular flexibility index (Phi) is 5.56. The number of piperidine rings is 1. The zero-order valence-electron chi connectivity index (χ0n) is 18.5. The fourth-order valence-corrected chi connectivity index (χ4v) is 7.96. The van der Waals surface area contributed by atoms with Crippen molar-refractivity contribution in [2.24, 2.45) is 34.5 Å². The van der Waals surface area contributed by atoms with Gasteiger partial charge in [0.2, 0.25) is 5.91 Å². The third-order valence-corrected chi connectivity index (χ3v) is 9.44. The predicted octanol–water partition coefficient (Wildman–Crippen LogP) is 5.47. The number of rotatable bonds is 1. The van der Waals surface area contributed by atoms with Gasteiger partial charge < -0.3 is 9.69 Å². The van der Waals surface area contributed by atoms with Crippen molar-refractivity contribution in [1.82, 2.24) is 4.90 Å². The van der Waals surface area contributed by atoms with Crippen molar-refractivity contribution in [2.45, 2.75) is 98.4 Å². The zero-order chi connectivity index (χ0) is 20.0. The van der Waals surface area contributed by atoms with Gasteiger partial charge in [-0.1, -0.05) is 41.5 Å². The molecule has 6 unspecified atom stereocenters. The van der Waals surface area contributed by atoms with Crippen LogP contribution >= 0.6 is 0 Å². The number of fused-ring (bicyclic) bond motifs is 4. The van der Waals surface area contributed by atoms with E-state index >= 15 is 0 Å². The summed E-state index contributed by atoms with van der Waals surface area (Å²) in [5, 5.41) is 0. The van der Waals surface area contributed by atoms with E-state index in [1.54, 1.807) is 0 Å². The number of hydrogen-bond donors (Lipinski definition) is 0. The van der Waals surface area contributed by atoms with Crippen molar-refractivity contribution < 1.29 is 9.59 Å². The maximum absolute atomic E-state index is 12.2. The molecule has 0 aromatic rings. The molecule has 2 saturated heterocycles. The number of hydrogen-bond acceptors (Lipinski definition) is 2. The Labute approximate surface area is 166 Å². The predicted molar refractivity (Wildman–Crippen MR) is 110 cm³/mol. The first-order valence-corrected chi connectivity index (χ1v) is 11.7. The minimum atomic E-state index is 0.222. The van der Waals surface area contributed by atoms with Gasteiger partial charge in [-0.05, 0) is 73.5 Å². The second-order valence-corrected chi connectivity index (χ2v) is 9.71. The highest BCUT2D eigenvalue weighted by Gasteiger charge is 2.73. The number of nitrogens with zero attached hydrogens (tertiary/aromatic N) is 1. The number of carbonyl (C=O) groups excluding carboxylic acids is 2. The van der Waals surface area contributed by atoms with E-state index in [0.29, 0.717) is 17.2 Å². The number of carbonyl (C=O) groups is 2. The van der Waals surface area contributed by atoms with Crippen LogP contribution in [0.5, 0.6) is 0 Å². The third-order valence-electron chi connectivity index (χ3n) is 9.44. The average molecular weight is 376 g/mol. The second-order valence-electron chi connectivity index (χ2n) is 9.71. The molecular formula is C24H41NO2. The van der Waals surface area contributed by atoms with Crippen LogP contribution in [0.3, 0.4) is 0 Å². The molecule has 0 N–H and O–H groups in total. The lowest BCUT2D eigenvalue weighted by molar-refractivity contribution is -0.145. The average Bonchev–Trinajstić information content (AvgIpc) is 3.35. The highest BCUT2D eigenvalue weighted by molar-refractivity contribution is 5.82. The smallest absolute Gasteiger partial charge is 0.223 e. The van der Waals surface area contributed by atoms with Crippen LogP contribution in [0.15, 0.2) is 0 Å². The summed E-state index contributed by atoms with van der Waals surface area (Å²) in [5.41, 5.74) is 0.821. The lowest BCUT2D eigenvalue weighted by Crippen LogP contribution is -2.58. The van der Waals surface area contributed by atoms with Crippen molar-refractivity contribution in [3.63, 3.8) is 0 Å². The molecule has 27 heavy (non-hydrogen) atoms. The second kappa shape index (κ2) is 7.19. The monoisotopic (exact) mass is 375 g/mol. The maximum Gasteiger partial charge on any atom is 0.223 e. The normalized spacial score (nSPS) is 49.1. The van der Waals surface area contributed by atoms with Crippen molar-refractivity contribution in [1.29, 1.82) is 0 Å². The molecule has 1 spiro atoms. The van der Waals surface area contributed by atoms with Crippen molar-refractivity contribution in [3.8, 4) is 0 Å². The summed E-state index contributed by atoms with van der Waals surface area (Å²) in [5.74, 6) is 3.02. The highest BCUT2D eigenvalue weighted by atomic mass is 16.2. The summed E-state index contributed by atoms with van der Waals surface area (Å²) >= 11 is 0. The molecule has 3 heteroatoms. The van der Waals surface area contributed by atoms with Crippen LogP contribution < -0.4 is 0 Å². The zero-order valence-corrected chi connectivity index (χ0v) is 18.5. The van der Waals surface area contributed by atoms with Crippen LogP contribution in [0.2, 0.25) is 0 Å². The molecule has 5 fully saturated rings. The molecule has 0 aromatic carbocycles. The molecule has 0 aromatic heterocycles. The van der Waals surface area contributed by atoms with Crippen LogP contribution in [-0.4, -0.2) is 29.2 Å². The van der Waals surface area contributed by atoms with Crippen molar-refractivity contribution in [3.05, 3.63) is 0 Å². The topological polar surface area (TPSA) is 37.1 Å². The first kappa shape index (κ1) is 20.9. The van der Waals surface area contributed by atoms with E-state index in [1.165, 1.54) is 38.4 Å². The molecule has 0 radical (unpaired) electrons. The van der Waals surface area contributed by atoms with E-state index in [4.69, 9.17) is 0 Å². The Balaban J connectivity index is 0.000000495. The highest BCUT2D eigenvalue weighted by Crippen LogP contribution is 2.71. The molecule has 2 heterocycles. The van der Waals surface area contributed by atoms with Crippen molar-refractivity contribution in [2.75, 3.05) is 6.54 Å². The minimum absolute atomic E-state index is 0.222. The van der Waals surface area contributed by atoms with E-state index in [0.717, 1.165) is 43.6 Å². The number of aldehydes is 1. The van der Waals surface area contributed by atoms with E-state index < -0.39 is 0 Å².